The number of benzene rings is 1. The Bertz CT molecular complexity index is 646. The highest BCUT2D eigenvalue weighted by Gasteiger charge is 2.12. The Morgan fingerprint density at radius 1 is 1.37 bits per heavy atom. The van der Waals surface area contributed by atoms with Crippen molar-refractivity contribution < 1.29 is 9.90 Å². The zero-order chi connectivity index (χ0) is 14.0. The Morgan fingerprint density at radius 2 is 2.11 bits per heavy atom. The van der Waals surface area contributed by atoms with E-state index in [1.54, 1.807) is 18.2 Å². The number of rotatable bonds is 3. The number of amides is 1. The fraction of sp³-hybridized carbons (Fsp3) is 0. The van der Waals surface area contributed by atoms with E-state index in [-0.39, 0.29) is 17.1 Å². The van der Waals surface area contributed by atoms with Gasteiger partial charge < -0.3 is 21.9 Å². The van der Waals surface area contributed by atoms with Gasteiger partial charge in [0.15, 0.2) is 5.75 Å². The molecule has 6 N–H and O–H groups in total. The van der Waals surface area contributed by atoms with Gasteiger partial charge in [0.25, 0.3) is 5.91 Å². The number of pyridine rings is 1. The van der Waals surface area contributed by atoms with Gasteiger partial charge in [0.2, 0.25) is 0 Å². The SMILES string of the molecule is NC(=O)c1cnc(N)cc1Nc1cccc(Br)c1O. The third-order valence-electron chi connectivity index (χ3n) is 2.45. The minimum Gasteiger partial charge on any atom is -0.505 e. The highest BCUT2D eigenvalue weighted by atomic mass is 79.9. The van der Waals surface area contributed by atoms with Crippen LogP contribution >= 0.6 is 15.9 Å². The number of anilines is 3. The van der Waals surface area contributed by atoms with Crippen LogP contribution < -0.4 is 16.8 Å². The molecule has 2 aromatic rings. The predicted octanol–water partition coefficient (Wildman–Crippen LogP) is 1.97. The number of phenolic OH excluding ortho intramolecular Hbond substituents is 1. The number of phenols is 1. The van der Waals surface area contributed by atoms with Crippen molar-refractivity contribution in [2.24, 2.45) is 5.73 Å². The van der Waals surface area contributed by atoms with Crippen LogP contribution in [-0.2, 0) is 0 Å². The molecule has 2 rings (SSSR count). The monoisotopic (exact) mass is 322 g/mol. The van der Waals surface area contributed by atoms with Crippen molar-refractivity contribution in [2.75, 3.05) is 11.1 Å². The van der Waals surface area contributed by atoms with Gasteiger partial charge in [-0.15, -0.1) is 0 Å². The van der Waals surface area contributed by atoms with Gasteiger partial charge >= 0.3 is 0 Å². The number of para-hydroxylation sites is 1. The van der Waals surface area contributed by atoms with E-state index < -0.39 is 5.91 Å². The van der Waals surface area contributed by atoms with Gasteiger partial charge in [0, 0.05) is 12.3 Å². The van der Waals surface area contributed by atoms with Gasteiger partial charge in [0.1, 0.15) is 5.82 Å². The van der Waals surface area contributed by atoms with Crippen LogP contribution in [0.25, 0.3) is 0 Å². The van der Waals surface area contributed by atoms with Crippen molar-refractivity contribution >= 4 is 39.0 Å². The second-order valence-electron chi connectivity index (χ2n) is 3.78. The molecule has 98 valence electrons. The van der Waals surface area contributed by atoms with Crippen LogP contribution in [0.15, 0.2) is 34.9 Å². The van der Waals surface area contributed by atoms with Crippen LogP contribution in [0.2, 0.25) is 0 Å². The van der Waals surface area contributed by atoms with Crippen molar-refractivity contribution in [3.63, 3.8) is 0 Å². The highest BCUT2D eigenvalue weighted by molar-refractivity contribution is 9.10. The van der Waals surface area contributed by atoms with E-state index in [2.05, 4.69) is 26.2 Å². The Balaban J connectivity index is 2.45. The number of hydrogen-bond donors (Lipinski definition) is 4. The van der Waals surface area contributed by atoms with Crippen LogP contribution in [0.3, 0.4) is 0 Å². The number of aromatic nitrogens is 1. The van der Waals surface area contributed by atoms with E-state index in [1.807, 2.05) is 0 Å². The first-order valence-corrected chi connectivity index (χ1v) is 6.08. The first-order chi connectivity index (χ1) is 8.99. The van der Waals surface area contributed by atoms with E-state index in [0.717, 1.165) is 0 Å². The fourth-order valence-electron chi connectivity index (χ4n) is 1.53. The van der Waals surface area contributed by atoms with Gasteiger partial charge in [-0.3, -0.25) is 4.79 Å². The Hall–Kier alpha value is -2.28. The standard InChI is InChI=1S/C12H11BrN4O2/c13-7-2-1-3-8(11(7)18)17-9-4-10(14)16-5-6(9)12(15)19/h1-5,18H,(H2,15,19)(H3,14,16,17). The number of hydrogen-bond acceptors (Lipinski definition) is 5. The molecule has 0 spiro atoms. The zero-order valence-electron chi connectivity index (χ0n) is 9.72. The molecule has 6 nitrogen and oxygen atoms in total. The Kier molecular flexibility index (Phi) is 3.57. The second kappa shape index (κ2) is 5.15. The average molecular weight is 323 g/mol. The van der Waals surface area contributed by atoms with Gasteiger partial charge in [-0.05, 0) is 28.1 Å². The summed E-state index contributed by atoms with van der Waals surface area (Å²) in [5.41, 5.74) is 11.8. The average Bonchev–Trinajstić information content (AvgIpc) is 2.35. The summed E-state index contributed by atoms with van der Waals surface area (Å²) >= 11 is 3.20. The molecule has 1 aromatic carbocycles. The van der Waals surface area contributed by atoms with Crippen molar-refractivity contribution in [3.8, 4) is 5.75 Å². The first-order valence-electron chi connectivity index (χ1n) is 5.29. The van der Waals surface area contributed by atoms with Gasteiger partial charge in [-0.25, -0.2) is 4.98 Å². The maximum atomic E-state index is 11.3. The number of nitrogens with one attached hydrogen (secondary N) is 1. The number of nitrogen functional groups attached to an aromatic ring is 1. The quantitative estimate of drug-likeness (QED) is 0.645. The van der Waals surface area contributed by atoms with Gasteiger partial charge in [-0.1, -0.05) is 6.07 Å². The molecule has 0 unspecified atom stereocenters. The summed E-state index contributed by atoms with van der Waals surface area (Å²) in [4.78, 5) is 15.1. The molecule has 1 heterocycles. The molecule has 0 bridgehead atoms. The zero-order valence-corrected chi connectivity index (χ0v) is 11.3. The lowest BCUT2D eigenvalue weighted by Crippen LogP contribution is -2.14. The van der Waals surface area contributed by atoms with Gasteiger partial charge in [-0.2, -0.15) is 0 Å². The molecule has 7 heteroatoms. The van der Waals surface area contributed by atoms with Crippen molar-refractivity contribution in [2.45, 2.75) is 0 Å². The Morgan fingerprint density at radius 3 is 2.79 bits per heavy atom. The minimum absolute atomic E-state index is 0.0216. The summed E-state index contributed by atoms with van der Waals surface area (Å²) in [5.74, 6) is -0.375. The lowest BCUT2D eigenvalue weighted by Gasteiger charge is -2.12. The molecular formula is C12H11BrN4O2. The molecule has 0 atom stereocenters. The van der Waals surface area contributed by atoms with E-state index in [4.69, 9.17) is 11.5 Å². The van der Waals surface area contributed by atoms with Gasteiger partial charge in [0.05, 0.1) is 21.4 Å². The molecule has 0 radical (unpaired) electrons. The third kappa shape index (κ3) is 2.76. The predicted molar refractivity (Wildman–Crippen MR) is 76.3 cm³/mol. The van der Waals surface area contributed by atoms with Crippen LogP contribution in [0.5, 0.6) is 5.75 Å². The fourth-order valence-corrected chi connectivity index (χ4v) is 1.90. The molecule has 0 saturated carbocycles. The van der Waals surface area contributed by atoms with E-state index >= 15 is 0 Å². The molecule has 0 aliphatic rings. The minimum atomic E-state index is -0.635. The maximum Gasteiger partial charge on any atom is 0.252 e. The third-order valence-corrected chi connectivity index (χ3v) is 3.09. The summed E-state index contributed by atoms with van der Waals surface area (Å²) in [5, 5.41) is 12.8. The molecule has 1 amide bonds. The van der Waals surface area contributed by atoms with E-state index in [0.29, 0.717) is 15.8 Å². The number of nitrogens with zero attached hydrogens (tertiary/aromatic N) is 1. The second-order valence-corrected chi connectivity index (χ2v) is 4.63. The van der Waals surface area contributed by atoms with Crippen LogP contribution in [0.1, 0.15) is 10.4 Å². The van der Waals surface area contributed by atoms with Crippen LogP contribution in [0, 0.1) is 0 Å². The van der Waals surface area contributed by atoms with Crippen LogP contribution in [-0.4, -0.2) is 16.0 Å². The van der Waals surface area contributed by atoms with Crippen molar-refractivity contribution in [1.29, 1.82) is 0 Å². The van der Waals surface area contributed by atoms with Crippen LogP contribution in [0.4, 0.5) is 17.2 Å². The van der Waals surface area contributed by atoms with Crippen molar-refractivity contribution in [1.82, 2.24) is 4.98 Å². The normalized spacial score (nSPS) is 10.2. The number of carbonyl (C=O) groups excluding carboxylic acids is 1. The molecule has 1 aromatic heterocycles. The number of primary amides is 1. The largest absolute Gasteiger partial charge is 0.505 e. The molecule has 0 fully saturated rings. The highest BCUT2D eigenvalue weighted by Crippen LogP contribution is 2.34. The molecule has 0 aliphatic heterocycles. The lowest BCUT2D eigenvalue weighted by molar-refractivity contribution is 0.100. The number of aromatic hydroxyl groups is 1. The summed E-state index contributed by atoms with van der Waals surface area (Å²) in [6, 6.07) is 6.55. The lowest BCUT2D eigenvalue weighted by atomic mass is 10.2. The van der Waals surface area contributed by atoms with E-state index in [9.17, 15) is 9.90 Å². The van der Waals surface area contributed by atoms with Crippen molar-refractivity contribution in [3.05, 3.63) is 40.5 Å². The molecule has 19 heavy (non-hydrogen) atoms. The number of carbonyl (C=O) groups is 1. The summed E-state index contributed by atoms with van der Waals surface area (Å²) in [6.45, 7) is 0. The van der Waals surface area contributed by atoms with E-state index in [1.165, 1.54) is 12.3 Å². The first kappa shape index (κ1) is 13.2. The summed E-state index contributed by atoms with van der Waals surface area (Å²) in [6.07, 6.45) is 1.29. The molecule has 0 saturated heterocycles. The molecule has 0 aliphatic carbocycles. The summed E-state index contributed by atoms with van der Waals surface area (Å²) in [7, 11) is 0. The Labute approximate surface area is 117 Å². The maximum absolute atomic E-state index is 11.3. The number of halogens is 1. The molecular weight excluding hydrogens is 312 g/mol. The summed E-state index contributed by atoms with van der Waals surface area (Å²) < 4.78 is 0.528. The number of nitrogens with two attached hydrogens (primary N) is 2. The topological polar surface area (TPSA) is 114 Å². The smallest absolute Gasteiger partial charge is 0.252 e.